The van der Waals surface area contributed by atoms with E-state index in [2.05, 4.69) is 17.8 Å². The van der Waals surface area contributed by atoms with Crippen LogP contribution in [0.3, 0.4) is 0 Å². The van der Waals surface area contributed by atoms with Crippen LogP contribution in [-0.4, -0.2) is 11.8 Å². The number of amides is 2. The molecule has 0 fully saturated rings. The summed E-state index contributed by atoms with van der Waals surface area (Å²) in [7, 11) is 0. The second-order valence-corrected chi connectivity index (χ2v) is 5.48. The Morgan fingerprint density at radius 3 is 2.35 bits per heavy atom. The fraction of sp³-hybridized carbons (Fsp3) is 0.200. The summed E-state index contributed by atoms with van der Waals surface area (Å²) < 4.78 is 0. The molecule has 1 aromatic heterocycles. The van der Waals surface area contributed by atoms with Gasteiger partial charge in [0.25, 0.3) is 11.8 Å². The first-order valence-corrected chi connectivity index (χ1v) is 7.18. The Labute approximate surface area is 121 Å². The van der Waals surface area contributed by atoms with Crippen molar-refractivity contribution < 1.29 is 9.59 Å². The van der Waals surface area contributed by atoms with Gasteiger partial charge in [0.1, 0.15) is 0 Å². The van der Waals surface area contributed by atoms with Crippen LogP contribution in [-0.2, 0) is 6.42 Å². The topological polar surface area (TPSA) is 58.2 Å². The Balaban J connectivity index is 1.97. The number of hydrazine groups is 1. The fourth-order valence-corrected chi connectivity index (χ4v) is 2.83. The smallest absolute Gasteiger partial charge is 0.267 e. The lowest BCUT2D eigenvalue weighted by Gasteiger charge is -2.05. The summed E-state index contributed by atoms with van der Waals surface area (Å²) in [6.45, 7) is 4.03. The highest BCUT2D eigenvalue weighted by Gasteiger charge is 2.12. The van der Waals surface area contributed by atoms with E-state index < -0.39 is 0 Å². The Morgan fingerprint density at radius 1 is 1.10 bits per heavy atom. The summed E-state index contributed by atoms with van der Waals surface area (Å²) in [5.41, 5.74) is 6.46. The molecule has 0 unspecified atom stereocenters. The van der Waals surface area contributed by atoms with Gasteiger partial charge in [-0.3, -0.25) is 20.4 Å². The van der Waals surface area contributed by atoms with Crippen molar-refractivity contribution in [2.45, 2.75) is 20.3 Å². The van der Waals surface area contributed by atoms with Crippen LogP contribution < -0.4 is 10.9 Å². The monoisotopic (exact) mass is 288 g/mol. The standard InChI is InChI=1S/C15H16N2O2S/c1-3-12-10(2)9-13(20-12)15(19)17-16-14(18)11-7-5-4-6-8-11/h4-9H,3H2,1-2H3,(H,16,18)(H,17,19). The van der Waals surface area contributed by atoms with Crippen LogP contribution in [0.15, 0.2) is 36.4 Å². The first-order valence-electron chi connectivity index (χ1n) is 6.37. The molecular formula is C15H16N2O2S. The number of aryl methyl sites for hydroxylation is 2. The molecule has 0 atom stereocenters. The van der Waals surface area contributed by atoms with Gasteiger partial charge in [-0.05, 0) is 37.1 Å². The summed E-state index contributed by atoms with van der Waals surface area (Å²) in [5, 5.41) is 0. The van der Waals surface area contributed by atoms with E-state index in [1.165, 1.54) is 16.2 Å². The second-order valence-electron chi connectivity index (χ2n) is 4.34. The summed E-state index contributed by atoms with van der Waals surface area (Å²) in [6.07, 6.45) is 0.903. The molecule has 20 heavy (non-hydrogen) atoms. The zero-order valence-electron chi connectivity index (χ0n) is 11.4. The van der Waals surface area contributed by atoms with E-state index >= 15 is 0 Å². The SMILES string of the molecule is CCc1sc(C(=O)NNC(=O)c2ccccc2)cc1C. The normalized spacial score (nSPS) is 10.1. The number of carbonyl (C=O) groups excluding carboxylic acids is 2. The number of benzene rings is 1. The maximum absolute atomic E-state index is 11.9. The molecule has 0 aliphatic carbocycles. The van der Waals surface area contributed by atoms with Crippen LogP contribution in [0.4, 0.5) is 0 Å². The minimum absolute atomic E-state index is 0.290. The molecule has 104 valence electrons. The molecule has 2 amide bonds. The molecular weight excluding hydrogens is 272 g/mol. The van der Waals surface area contributed by atoms with Gasteiger partial charge in [0, 0.05) is 10.4 Å². The molecule has 2 N–H and O–H groups in total. The fourth-order valence-electron chi connectivity index (χ4n) is 1.82. The summed E-state index contributed by atoms with van der Waals surface area (Å²) in [4.78, 5) is 25.5. The van der Waals surface area contributed by atoms with E-state index in [1.807, 2.05) is 19.1 Å². The predicted molar refractivity (Wildman–Crippen MR) is 79.8 cm³/mol. The third-order valence-corrected chi connectivity index (χ3v) is 4.27. The number of rotatable bonds is 3. The van der Waals surface area contributed by atoms with Gasteiger partial charge < -0.3 is 0 Å². The number of hydrogen-bond acceptors (Lipinski definition) is 3. The van der Waals surface area contributed by atoms with Crippen LogP contribution in [0.1, 0.15) is 37.4 Å². The van der Waals surface area contributed by atoms with Gasteiger partial charge >= 0.3 is 0 Å². The molecule has 0 aliphatic rings. The highest BCUT2D eigenvalue weighted by molar-refractivity contribution is 7.14. The zero-order chi connectivity index (χ0) is 14.5. The molecule has 0 saturated carbocycles. The van der Waals surface area contributed by atoms with Crippen molar-refractivity contribution in [2.24, 2.45) is 0 Å². The maximum atomic E-state index is 11.9. The Morgan fingerprint density at radius 2 is 1.75 bits per heavy atom. The van der Waals surface area contributed by atoms with Crippen LogP contribution in [0.5, 0.6) is 0 Å². The molecule has 2 aromatic rings. The minimum atomic E-state index is -0.331. The molecule has 5 heteroatoms. The van der Waals surface area contributed by atoms with Gasteiger partial charge in [0.15, 0.2) is 0 Å². The van der Waals surface area contributed by atoms with Crippen molar-refractivity contribution in [3.05, 3.63) is 57.3 Å². The number of nitrogens with one attached hydrogen (secondary N) is 2. The summed E-state index contributed by atoms with van der Waals surface area (Å²) in [5.74, 6) is -0.620. The van der Waals surface area contributed by atoms with Crippen molar-refractivity contribution in [1.82, 2.24) is 10.9 Å². The highest BCUT2D eigenvalue weighted by Crippen LogP contribution is 2.21. The molecule has 0 bridgehead atoms. The molecule has 1 heterocycles. The maximum Gasteiger partial charge on any atom is 0.279 e. The van der Waals surface area contributed by atoms with E-state index in [1.54, 1.807) is 24.3 Å². The minimum Gasteiger partial charge on any atom is -0.267 e. The quantitative estimate of drug-likeness (QED) is 0.853. The van der Waals surface area contributed by atoms with Gasteiger partial charge in [0.2, 0.25) is 0 Å². The second kappa shape index (κ2) is 6.34. The molecule has 0 radical (unpaired) electrons. The zero-order valence-corrected chi connectivity index (χ0v) is 12.2. The molecule has 2 rings (SSSR count). The average molecular weight is 288 g/mol. The van der Waals surface area contributed by atoms with Gasteiger partial charge in [-0.25, -0.2) is 0 Å². The van der Waals surface area contributed by atoms with Crippen molar-refractivity contribution in [3.63, 3.8) is 0 Å². The van der Waals surface area contributed by atoms with Crippen molar-refractivity contribution in [1.29, 1.82) is 0 Å². The van der Waals surface area contributed by atoms with Gasteiger partial charge in [-0.1, -0.05) is 25.1 Å². The summed E-state index contributed by atoms with van der Waals surface area (Å²) in [6, 6.07) is 10.6. The first-order chi connectivity index (χ1) is 9.61. The van der Waals surface area contributed by atoms with Gasteiger partial charge in [0.05, 0.1) is 4.88 Å². The highest BCUT2D eigenvalue weighted by atomic mass is 32.1. The lowest BCUT2D eigenvalue weighted by atomic mass is 10.2. The number of hydrogen-bond donors (Lipinski definition) is 2. The largest absolute Gasteiger partial charge is 0.279 e. The Kier molecular flexibility index (Phi) is 4.53. The molecule has 0 aliphatic heterocycles. The van der Waals surface area contributed by atoms with Crippen LogP contribution in [0.25, 0.3) is 0 Å². The van der Waals surface area contributed by atoms with Crippen LogP contribution in [0.2, 0.25) is 0 Å². The Bertz CT molecular complexity index is 620. The van der Waals surface area contributed by atoms with Crippen molar-refractivity contribution in [2.75, 3.05) is 0 Å². The molecule has 0 spiro atoms. The molecule has 0 saturated heterocycles. The first kappa shape index (κ1) is 14.3. The van der Waals surface area contributed by atoms with Gasteiger partial charge in [-0.2, -0.15) is 0 Å². The average Bonchev–Trinajstić information content (AvgIpc) is 2.86. The lowest BCUT2D eigenvalue weighted by Crippen LogP contribution is -2.41. The number of carbonyl (C=O) groups is 2. The van der Waals surface area contributed by atoms with E-state index in [4.69, 9.17) is 0 Å². The van der Waals surface area contributed by atoms with Gasteiger partial charge in [-0.15, -0.1) is 11.3 Å². The summed E-state index contributed by atoms with van der Waals surface area (Å²) >= 11 is 1.45. The number of thiophene rings is 1. The Hall–Kier alpha value is -2.14. The van der Waals surface area contributed by atoms with E-state index in [0.29, 0.717) is 10.4 Å². The van der Waals surface area contributed by atoms with E-state index in [-0.39, 0.29) is 11.8 Å². The van der Waals surface area contributed by atoms with Crippen LogP contribution in [0, 0.1) is 6.92 Å². The molecule has 1 aromatic carbocycles. The van der Waals surface area contributed by atoms with Crippen molar-refractivity contribution >= 4 is 23.2 Å². The predicted octanol–water partition coefficient (Wildman–Crippen LogP) is 2.69. The third-order valence-electron chi connectivity index (χ3n) is 2.89. The van der Waals surface area contributed by atoms with Crippen molar-refractivity contribution in [3.8, 4) is 0 Å². The lowest BCUT2D eigenvalue weighted by molar-refractivity contribution is 0.0849. The third kappa shape index (κ3) is 3.24. The van der Waals surface area contributed by atoms with E-state index in [9.17, 15) is 9.59 Å². The van der Waals surface area contributed by atoms with Crippen LogP contribution >= 0.6 is 11.3 Å². The molecule has 4 nitrogen and oxygen atoms in total. The van der Waals surface area contributed by atoms with E-state index in [0.717, 1.165) is 12.0 Å².